The molecule has 1 fully saturated rings. The van der Waals surface area contributed by atoms with Crippen LogP contribution in [0.5, 0.6) is 5.75 Å². The number of benzene rings is 1. The standard InChI is InChI=1S/C19H33N5O/c1-4-5-11-22(3)12-10-21-19(20-2)24-15-13-23(14-16-24)17-8-6-7-9-18(17)25/h6-9,25H,4-5,10-16H2,1-3H3,(H,20,21). The Morgan fingerprint density at radius 3 is 2.56 bits per heavy atom. The highest BCUT2D eigenvalue weighted by molar-refractivity contribution is 5.80. The number of phenols is 1. The van der Waals surface area contributed by atoms with E-state index in [1.165, 1.54) is 12.8 Å². The van der Waals surface area contributed by atoms with Gasteiger partial charge in [-0.25, -0.2) is 0 Å². The van der Waals surface area contributed by atoms with Gasteiger partial charge in [0.2, 0.25) is 0 Å². The molecule has 1 saturated heterocycles. The third kappa shape index (κ3) is 5.81. The Hall–Kier alpha value is -1.95. The fraction of sp³-hybridized carbons (Fsp3) is 0.632. The predicted molar refractivity (Wildman–Crippen MR) is 106 cm³/mol. The second-order valence-electron chi connectivity index (χ2n) is 6.59. The lowest BCUT2D eigenvalue weighted by Gasteiger charge is -2.38. The summed E-state index contributed by atoms with van der Waals surface area (Å²) in [6, 6.07) is 7.55. The van der Waals surface area contributed by atoms with Crippen LogP contribution in [0.4, 0.5) is 5.69 Å². The number of rotatable bonds is 7. The van der Waals surface area contributed by atoms with Gasteiger partial charge in [-0.05, 0) is 32.1 Å². The van der Waals surface area contributed by atoms with Crippen molar-refractivity contribution in [3.05, 3.63) is 24.3 Å². The van der Waals surface area contributed by atoms with E-state index in [1.54, 1.807) is 6.07 Å². The van der Waals surface area contributed by atoms with Gasteiger partial charge in [0.25, 0.3) is 0 Å². The normalized spacial score (nSPS) is 15.8. The number of aromatic hydroxyl groups is 1. The Morgan fingerprint density at radius 1 is 1.20 bits per heavy atom. The van der Waals surface area contributed by atoms with Crippen LogP contribution in [0.25, 0.3) is 0 Å². The summed E-state index contributed by atoms with van der Waals surface area (Å²) < 4.78 is 0. The zero-order valence-electron chi connectivity index (χ0n) is 15.9. The zero-order chi connectivity index (χ0) is 18.1. The van der Waals surface area contributed by atoms with Crippen LogP contribution >= 0.6 is 0 Å². The lowest BCUT2D eigenvalue weighted by molar-refractivity contribution is 0.325. The smallest absolute Gasteiger partial charge is 0.193 e. The molecule has 0 saturated carbocycles. The molecule has 0 atom stereocenters. The first-order valence-corrected chi connectivity index (χ1v) is 9.32. The summed E-state index contributed by atoms with van der Waals surface area (Å²) in [5.74, 6) is 1.33. The van der Waals surface area contributed by atoms with E-state index in [9.17, 15) is 5.11 Å². The zero-order valence-corrected chi connectivity index (χ0v) is 15.9. The number of hydrogen-bond donors (Lipinski definition) is 2. The van der Waals surface area contributed by atoms with Crippen LogP contribution in [0.2, 0.25) is 0 Å². The quantitative estimate of drug-likeness (QED) is 0.582. The lowest BCUT2D eigenvalue weighted by Crippen LogP contribution is -2.53. The highest BCUT2D eigenvalue weighted by Gasteiger charge is 2.21. The Morgan fingerprint density at radius 2 is 1.92 bits per heavy atom. The van der Waals surface area contributed by atoms with Crippen LogP contribution in [0.15, 0.2) is 29.3 Å². The van der Waals surface area contributed by atoms with Gasteiger partial charge in [0.1, 0.15) is 5.75 Å². The second kappa shape index (κ2) is 10.1. The Bertz CT molecular complexity index is 540. The molecular weight excluding hydrogens is 314 g/mol. The van der Waals surface area contributed by atoms with Crippen LogP contribution in [0.3, 0.4) is 0 Å². The Kier molecular flexibility index (Phi) is 7.85. The molecule has 0 aliphatic carbocycles. The molecule has 140 valence electrons. The summed E-state index contributed by atoms with van der Waals surface area (Å²) in [5.41, 5.74) is 0.919. The van der Waals surface area contributed by atoms with Crippen molar-refractivity contribution in [1.82, 2.24) is 15.1 Å². The summed E-state index contributed by atoms with van der Waals surface area (Å²) in [7, 11) is 4.02. The largest absolute Gasteiger partial charge is 0.506 e. The third-order valence-corrected chi connectivity index (χ3v) is 4.68. The van der Waals surface area contributed by atoms with E-state index in [1.807, 2.05) is 25.2 Å². The van der Waals surface area contributed by atoms with E-state index >= 15 is 0 Å². The van der Waals surface area contributed by atoms with Crippen LogP contribution in [0.1, 0.15) is 19.8 Å². The van der Waals surface area contributed by atoms with E-state index < -0.39 is 0 Å². The van der Waals surface area contributed by atoms with E-state index in [0.29, 0.717) is 5.75 Å². The van der Waals surface area contributed by atoms with E-state index in [-0.39, 0.29) is 0 Å². The third-order valence-electron chi connectivity index (χ3n) is 4.68. The molecule has 0 bridgehead atoms. The predicted octanol–water partition coefficient (Wildman–Crippen LogP) is 1.82. The summed E-state index contributed by atoms with van der Waals surface area (Å²) in [5, 5.41) is 13.5. The summed E-state index contributed by atoms with van der Waals surface area (Å²) >= 11 is 0. The number of phenolic OH excluding ortho intramolecular Hbond substituents is 1. The number of nitrogens with zero attached hydrogens (tertiary/aromatic N) is 4. The Labute approximate surface area is 152 Å². The number of unbranched alkanes of at least 4 members (excludes halogenated alkanes) is 1. The van der Waals surface area contributed by atoms with Crippen molar-refractivity contribution in [3.63, 3.8) is 0 Å². The van der Waals surface area contributed by atoms with Crippen molar-refractivity contribution in [3.8, 4) is 5.75 Å². The number of piperazine rings is 1. The molecule has 6 heteroatoms. The van der Waals surface area contributed by atoms with E-state index in [2.05, 4.69) is 39.0 Å². The van der Waals surface area contributed by atoms with Crippen molar-refractivity contribution in [2.75, 3.05) is 64.8 Å². The highest BCUT2D eigenvalue weighted by atomic mass is 16.3. The maximum Gasteiger partial charge on any atom is 0.193 e. The van der Waals surface area contributed by atoms with Gasteiger partial charge in [0, 0.05) is 46.3 Å². The molecule has 6 nitrogen and oxygen atoms in total. The molecule has 0 spiro atoms. The number of hydrogen-bond acceptors (Lipinski definition) is 4. The molecule has 2 N–H and O–H groups in total. The minimum atomic E-state index is 0.355. The fourth-order valence-electron chi connectivity index (χ4n) is 3.12. The average molecular weight is 348 g/mol. The summed E-state index contributed by atoms with van der Waals surface area (Å²) in [4.78, 5) is 11.3. The van der Waals surface area contributed by atoms with E-state index in [0.717, 1.165) is 57.5 Å². The monoisotopic (exact) mass is 347 g/mol. The lowest BCUT2D eigenvalue weighted by atomic mass is 10.2. The highest BCUT2D eigenvalue weighted by Crippen LogP contribution is 2.27. The van der Waals surface area contributed by atoms with Crippen molar-refractivity contribution < 1.29 is 5.11 Å². The molecule has 1 aromatic rings. The number of nitrogens with one attached hydrogen (secondary N) is 1. The van der Waals surface area contributed by atoms with Crippen molar-refractivity contribution >= 4 is 11.6 Å². The van der Waals surface area contributed by atoms with Crippen molar-refractivity contribution in [2.45, 2.75) is 19.8 Å². The number of likely N-dealkylation sites (N-methyl/N-ethyl adjacent to an activating group) is 1. The fourth-order valence-corrected chi connectivity index (χ4v) is 3.12. The SMILES string of the molecule is CCCCN(C)CCNC(=NC)N1CCN(c2ccccc2O)CC1. The van der Waals surface area contributed by atoms with Crippen LogP contribution in [0, 0.1) is 0 Å². The average Bonchev–Trinajstić information content (AvgIpc) is 2.64. The molecule has 1 aliphatic rings. The number of para-hydroxylation sites is 2. The van der Waals surface area contributed by atoms with Crippen molar-refractivity contribution in [2.24, 2.45) is 4.99 Å². The topological polar surface area (TPSA) is 54.3 Å². The van der Waals surface area contributed by atoms with Gasteiger partial charge in [-0.2, -0.15) is 0 Å². The molecule has 0 radical (unpaired) electrons. The first-order chi connectivity index (χ1) is 12.2. The first kappa shape index (κ1) is 19.4. The maximum absolute atomic E-state index is 10.0. The minimum absolute atomic E-state index is 0.355. The Balaban J connectivity index is 1.77. The van der Waals surface area contributed by atoms with Gasteiger partial charge in [-0.3, -0.25) is 4.99 Å². The molecule has 1 heterocycles. The molecule has 1 aromatic carbocycles. The van der Waals surface area contributed by atoms with Crippen molar-refractivity contribution in [1.29, 1.82) is 0 Å². The minimum Gasteiger partial charge on any atom is -0.506 e. The second-order valence-corrected chi connectivity index (χ2v) is 6.59. The summed E-state index contributed by atoms with van der Waals surface area (Å²) in [6.07, 6.45) is 2.49. The molecule has 0 aromatic heterocycles. The number of aliphatic imine (C=N–C) groups is 1. The molecule has 25 heavy (non-hydrogen) atoms. The first-order valence-electron chi connectivity index (χ1n) is 9.32. The molecule has 1 aliphatic heterocycles. The maximum atomic E-state index is 10.0. The molecule has 0 amide bonds. The molecule has 0 unspecified atom stereocenters. The van der Waals surface area contributed by atoms with Gasteiger partial charge < -0.3 is 25.1 Å². The van der Waals surface area contributed by atoms with Gasteiger partial charge in [-0.1, -0.05) is 25.5 Å². The van der Waals surface area contributed by atoms with E-state index in [4.69, 9.17) is 0 Å². The van der Waals surface area contributed by atoms with Crippen LogP contribution < -0.4 is 10.2 Å². The van der Waals surface area contributed by atoms with Crippen LogP contribution in [-0.2, 0) is 0 Å². The van der Waals surface area contributed by atoms with Gasteiger partial charge in [0.05, 0.1) is 5.69 Å². The molecular formula is C19H33N5O. The number of anilines is 1. The molecule has 2 rings (SSSR count). The van der Waals surface area contributed by atoms with Gasteiger partial charge in [0.15, 0.2) is 5.96 Å². The number of guanidine groups is 1. The summed E-state index contributed by atoms with van der Waals surface area (Å²) in [6.45, 7) is 8.88. The van der Waals surface area contributed by atoms with Gasteiger partial charge in [-0.15, -0.1) is 0 Å². The van der Waals surface area contributed by atoms with Crippen LogP contribution in [-0.4, -0.2) is 80.8 Å². The van der Waals surface area contributed by atoms with Gasteiger partial charge >= 0.3 is 0 Å².